The normalized spacial score (nSPS) is 7.76. The van der Waals surface area contributed by atoms with Crippen LogP contribution in [0.1, 0.15) is 0 Å². The molecule has 17 heavy (non-hydrogen) atoms. The van der Waals surface area contributed by atoms with E-state index in [2.05, 4.69) is 9.97 Å². The van der Waals surface area contributed by atoms with Crippen LogP contribution >= 0.6 is 0 Å². The summed E-state index contributed by atoms with van der Waals surface area (Å²) in [6, 6.07) is 11.4. The molecule has 0 radical (unpaired) electrons. The maximum absolute atomic E-state index is 8.57. The van der Waals surface area contributed by atoms with Gasteiger partial charge in [-0.05, 0) is 24.3 Å². The van der Waals surface area contributed by atoms with Gasteiger partial charge >= 0.3 is 22.4 Å². The summed E-state index contributed by atoms with van der Waals surface area (Å²) < 4.78 is 25.7. The van der Waals surface area contributed by atoms with Gasteiger partial charge in [-0.1, -0.05) is 12.1 Å². The Morgan fingerprint density at radius 2 is 0.824 bits per heavy atom. The number of aromatic nitrogens is 2. The van der Waals surface area contributed by atoms with Crippen molar-refractivity contribution in [3.63, 3.8) is 0 Å². The molecule has 7 heteroatoms. The van der Waals surface area contributed by atoms with E-state index in [0.717, 1.165) is 0 Å². The molecular formula is C10H10AuIN2O3. The van der Waals surface area contributed by atoms with Crippen molar-refractivity contribution >= 4 is 0 Å². The number of hydrogen-bond acceptors (Lipinski definition) is 5. The molecule has 96 valence electrons. The minimum atomic E-state index is -4.01. The van der Waals surface area contributed by atoms with Gasteiger partial charge in [0.2, 0.25) is 0 Å². The van der Waals surface area contributed by atoms with Gasteiger partial charge in [-0.2, -0.15) is 0 Å². The first-order valence-electron chi connectivity index (χ1n) is 4.16. The van der Waals surface area contributed by atoms with Crippen LogP contribution in [0.2, 0.25) is 0 Å². The van der Waals surface area contributed by atoms with Crippen LogP contribution in [-0.2, 0) is 22.4 Å². The van der Waals surface area contributed by atoms with Crippen molar-refractivity contribution in [1.82, 2.24) is 9.97 Å². The van der Waals surface area contributed by atoms with Gasteiger partial charge in [-0.25, -0.2) is 0 Å². The standard InChI is InChI=1S/2C5H5N.Au.IO3/c2*1-2-4-6-5-3-1;;2-1(3)4/h2*1-5H;;/q;;+1;-1. The van der Waals surface area contributed by atoms with Crippen molar-refractivity contribution in [3.05, 3.63) is 61.2 Å². The Morgan fingerprint density at radius 1 is 0.588 bits per heavy atom. The van der Waals surface area contributed by atoms with Gasteiger partial charge in [-0.3, -0.25) is 9.97 Å². The largest absolute Gasteiger partial charge is 1.00 e. The second-order valence-electron chi connectivity index (χ2n) is 2.24. The Hall–Kier alpha value is -0.350. The number of rotatable bonds is 0. The third-order valence-electron chi connectivity index (χ3n) is 1.13. The molecule has 0 aliphatic heterocycles. The minimum Gasteiger partial charge on any atom is -0.427 e. The summed E-state index contributed by atoms with van der Waals surface area (Å²) in [5, 5.41) is 0. The quantitative estimate of drug-likeness (QED) is 0.254. The van der Waals surface area contributed by atoms with E-state index in [4.69, 9.17) is 10.3 Å². The van der Waals surface area contributed by atoms with Crippen LogP contribution in [-0.4, -0.2) is 9.97 Å². The molecule has 2 aromatic heterocycles. The average Bonchev–Trinajstić information content (AvgIpc) is 2.34. The Labute approximate surface area is 124 Å². The van der Waals surface area contributed by atoms with Gasteiger partial charge in [0.25, 0.3) is 21.1 Å². The van der Waals surface area contributed by atoms with E-state index in [1.807, 2.05) is 36.4 Å². The number of pyridine rings is 2. The third kappa shape index (κ3) is 21.5. The van der Waals surface area contributed by atoms with Gasteiger partial charge < -0.3 is 10.3 Å². The summed E-state index contributed by atoms with van der Waals surface area (Å²) in [4.78, 5) is 7.57. The van der Waals surface area contributed by atoms with Crippen LogP contribution in [0, 0.1) is 0 Å². The molecule has 2 rings (SSSR count). The van der Waals surface area contributed by atoms with Crippen LogP contribution < -0.4 is 31.4 Å². The molecule has 0 aliphatic rings. The Morgan fingerprint density at radius 3 is 0.882 bits per heavy atom. The predicted molar refractivity (Wildman–Crippen MR) is 48.5 cm³/mol. The monoisotopic (exact) mass is 530 g/mol. The van der Waals surface area contributed by atoms with E-state index in [1.54, 1.807) is 24.8 Å². The topological polar surface area (TPSA) is 95.0 Å². The minimum absolute atomic E-state index is 0. The van der Waals surface area contributed by atoms with Gasteiger partial charge in [0.05, 0.1) is 0 Å². The van der Waals surface area contributed by atoms with Gasteiger partial charge in [0.1, 0.15) is 0 Å². The van der Waals surface area contributed by atoms with Crippen molar-refractivity contribution < 1.29 is 53.8 Å². The molecule has 0 aliphatic carbocycles. The van der Waals surface area contributed by atoms with Crippen molar-refractivity contribution in [1.29, 1.82) is 0 Å². The van der Waals surface area contributed by atoms with E-state index in [0.29, 0.717) is 0 Å². The van der Waals surface area contributed by atoms with Gasteiger partial charge in [0, 0.05) is 24.8 Å². The molecule has 0 fully saturated rings. The summed E-state index contributed by atoms with van der Waals surface area (Å²) >= 11 is -4.01. The maximum atomic E-state index is 8.57. The first-order chi connectivity index (χ1) is 7.73. The van der Waals surface area contributed by atoms with Crippen LogP contribution in [0.4, 0.5) is 0 Å². The Bertz CT molecular complexity index is 239. The van der Waals surface area contributed by atoms with E-state index in [-0.39, 0.29) is 22.4 Å². The molecule has 0 saturated carbocycles. The molecule has 0 amide bonds. The molecular weight excluding hydrogens is 520 g/mol. The second-order valence-corrected chi connectivity index (χ2v) is 3.32. The molecule has 0 N–H and O–H groups in total. The Kier molecular flexibility index (Phi) is 17.5. The molecule has 0 saturated heterocycles. The zero-order valence-electron chi connectivity index (χ0n) is 8.57. The van der Waals surface area contributed by atoms with Crippen LogP contribution in [0.3, 0.4) is 0 Å². The fraction of sp³-hybridized carbons (Fsp3) is 0. The molecule has 0 atom stereocenters. The van der Waals surface area contributed by atoms with E-state index in [1.165, 1.54) is 0 Å². The van der Waals surface area contributed by atoms with Crippen molar-refractivity contribution in [2.75, 3.05) is 0 Å². The van der Waals surface area contributed by atoms with E-state index < -0.39 is 21.1 Å². The average molecular weight is 530 g/mol. The first kappa shape index (κ1) is 19.0. The third-order valence-corrected chi connectivity index (χ3v) is 1.13. The van der Waals surface area contributed by atoms with Crippen molar-refractivity contribution in [2.45, 2.75) is 0 Å². The van der Waals surface area contributed by atoms with Crippen LogP contribution in [0.25, 0.3) is 0 Å². The summed E-state index contributed by atoms with van der Waals surface area (Å²) in [7, 11) is 0. The number of halogens is 1. The second kappa shape index (κ2) is 15.7. The maximum Gasteiger partial charge on any atom is 1.00 e. The van der Waals surface area contributed by atoms with Crippen LogP contribution in [0.15, 0.2) is 61.2 Å². The zero-order chi connectivity index (χ0) is 12.1. The molecule has 0 bridgehead atoms. The summed E-state index contributed by atoms with van der Waals surface area (Å²) in [6.07, 6.45) is 7.00. The predicted octanol–water partition coefficient (Wildman–Crippen LogP) is -4.40. The zero-order valence-corrected chi connectivity index (χ0v) is 12.9. The fourth-order valence-electron chi connectivity index (χ4n) is 0.625. The summed E-state index contributed by atoms with van der Waals surface area (Å²) in [5.41, 5.74) is 0. The molecule has 0 unspecified atom stereocenters. The number of nitrogens with zero attached hydrogens (tertiary/aromatic N) is 2. The molecule has 2 aromatic rings. The number of hydrogen-bond donors (Lipinski definition) is 0. The smallest absolute Gasteiger partial charge is 0.427 e. The van der Waals surface area contributed by atoms with Crippen LogP contribution in [0.5, 0.6) is 0 Å². The fourth-order valence-corrected chi connectivity index (χ4v) is 0.625. The van der Waals surface area contributed by atoms with E-state index in [9.17, 15) is 0 Å². The SMILES string of the molecule is [Au+].[O-][I+2]([O-])[O-].c1ccncc1.c1ccncc1. The molecule has 2 heterocycles. The summed E-state index contributed by atoms with van der Waals surface area (Å²) in [5.74, 6) is 0. The van der Waals surface area contributed by atoms with Gasteiger partial charge in [0.15, 0.2) is 0 Å². The first-order valence-corrected chi connectivity index (χ1v) is 6.80. The summed E-state index contributed by atoms with van der Waals surface area (Å²) in [6.45, 7) is 0. The van der Waals surface area contributed by atoms with Crippen molar-refractivity contribution in [3.8, 4) is 0 Å². The van der Waals surface area contributed by atoms with Gasteiger partial charge in [-0.15, -0.1) is 0 Å². The van der Waals surface area contributed by atoms with Crippen molar-refractivity contribution in [2.24, 2.45) is 0 Å². The Balaban J connectivity index is 0. The molecule has 5 nitrogen and oxygen atoms in total. The molecule has 0 spiro atoms. The molecule has 0 aromatic carbocycles. The van der Waals surface area contributed by atoms with E-state index >= 15 is 0 Å².